The Kier molecular flexibility index (Phi) is 32.4. The Hall–Kier alpha value is -2.06. The van der Waals surface area contributed by atoms with Crippen LogP contribution in [-0.4, -0.2) is 73.4 Å². The summed E-state index contributed by atoms with van der Waals surface area (Å²) < 4.78 is 23.5. The van der Waals surface area contributed by atoms with Gasteiger partial charge in [0, 0.05) is 6.42 Å². The molecule has 294 valence electrons. The van der Waals surface area contributed by atoms with Crippen molar-refractivity contribution >= 4 is 13.7 Å². The molecule has 0 fully saturated rings. The van der Waals surface area contributed by atoms with Crippen LogP contribution in [0.2, 0.25) is 0 Å². The zero-order valence-corrected chi connectivity index (χ0v) is 34.0. The van der Waals surface area contributed by atoms with E-state index in [-0.39, 0.29) is 25.5 Å². The lowest BCUT2D eigenvalue weighted by Crippen LogP contribution is -2.46. The molecule has 0 aromatic carbocycles. The molecule has 0 spiro atoms. The number of aliphatic hydroxyl groups is 1. The third kappa shape index (κ3) is 36.1. The van der Waals surface area contributed by atoms with Crippen molar-refractivity contribution in [2.24, 2.45) is 0 Å². The number of unbranched alkanes of at least 4 members (excludes halogenated alkanes) is 9. The molecule has 3 N–H and O–H groups in total. The number of phosphoric acid groups is 1. The van der Waals surface area contributed by atoms with Gasteiger partial charge in [0.05, 0.1) is 39.9 Å². The zero-order valence-electron chi connectivity index (χ0n) is 33.1. The fourth-order valence-corrected chi connectivity index (χ4v) is 5.80. The van der Waals surface area contributed by atoms with Crippen LogP contribution in [-0.2, 0) is 18.4 Å². The van der Waals surface area contributed by atoms with Crippen molar-refractivity contribution in [3.8, 4) is 0 Å². The predicted molar refractivity (Wildman–Crippen MR) is 216 cm³/mol. The molecular weight excluding hydrogens is 659 g/mol. The maximum Gasteiger partial charge on any atom is 0.472 e. The van der Waals surface area contributed by atoms with E-state index in [1.165, 1.54) is 44.9 Å². The number of carbonyl (C=O) groups is 1. The molecule has 0 aromatic rings. The number of hydrogen-bond donors (Lipinski definition) is 3. The van der Waals surface area contributed by atoms with Crippen LogP contribution in [0, 0.1) is 0 Å². The van der Waals surface area contributed by atoms with Gasteiger partial charge in [0.2, 0.25) is 5.91 Å². The first-order valence-corrected chi connectivity index (χ1v) is 21.3. The third-order valence-corrected chi connectivity index (χ3v) is 9.22. The van der Waals surface area contributed by atoms with E-state index in [1.807, 2.05) is 33.3 Å². The number of quaternary nitrogens is 1. The smallest absolute Gasteiger partial charge is 0.391 e. The van der Waals surface area contributed by atoms with E-state index in [0.29, 0.717) is 23.9 Å². The highest BCUT2D eigenvalue weighted by atomic mass is 31.2. The summed E-state index contributed by atoms with van der Waals surface area (Å²) in [6.45, 7) is 4.66. The molecule has 0 heterocycles. The summed E-state index contributed by atoms with van der Waals surface area (Å²) in [5, 5.41) is 13.8. The number of rotatable bonds is 34. The second-order valence-electron chi connectivity index (χ2n) is 14.3. The minimum absolute atomic E-state index is 0.0570. The molecule has 0 aliphatic carbocycles. The highest BCUT2D eigenvalue weighted by Crippen LogP contribution is 2.43. The molecule has 0 bridgehead atoms. The normalized spacial score (nSPS) is 15.4. The molecule has 0 saturated heterocycles. The average molecular weight is 736 g/mol. The largest absolute Gasteiger partial charge is 0.472 e. The van der Waals surface area contributed by atoms with Crippen LogP contribution in [0.4, 0.5) is 0 Å². The van der Waals surface area contributed by atoms with Gasteiger partial charge in [-0.2, -0.15) is 0 Å². The lowest BCUT2D eigenvalue weighted by atomic mass is 10.0. The summed E-state index contributed by atoms with van der Waals surface area (Å²) in [5.74, 6) is -0.232. The topological polar surface area (TPSA) is 105 Å². The van der Waals surface area contributed by atoms with E-state index in [1.54, 1.807) is 0 Å². The third-order valence-electron chi connectivity index (χ3n) is 8.23. The molecule has 0 saturated carbocycles. The van der Waals surface area contributed by atoms with Crippen molar-refractivity contribution in [1.29, 1.82) is 0 Å². The van der Waals surface area contributed by atoms with Gasteiger partial charge < -0.3 is 19.8 Å². The van der Waals surface area contributed by atoms with Gasteiger partial charge in [0.1, 0.15) is 13.2 Å². The minimum Gasteiger partial charge on any atom is -0.391 e. The van der Waals surface area contributed by atoms with E-state index in [9.17, 15) is 19.4 Å². The molecule has 0 radical (unpaired) electrons. The van der Waals surface area contributed by atoms with Crippen molar-refractivity contribution in [3.05, 3.63) is 72.9 Å². The average Bonchev–Trinajstić information content (AvgIpc) is 3.07. The molecule has 1 amide bonds. The molecular formula is C42H76N2O6P+. The summed E-state index contributed by atoms with van der Waals surface area (Å²) in [5.41, 5.74) is 0. The lowest BCUT2D eigenvalue weighted by Gasteiger charge is -2.26. The monoisotopic (exact) mass is 736 g/mol. The Bertz CT molecular complexity index is 1060. The second kappa shape index (κ2) is 33.8. The Balaban J connectivity index is 4.57. The van der Waals surface area contributed by atoms with Crippen LogP contribution >= 0.6 is 7.82 Å². The van der Waals surface area contributed by atoms with Gasteiger partial charge >= 0.3 is 7.82 Å². The summed E-state index contributed by atoms with van der Waals surface area (Å²) in [7, 11) is 1.55. The van der Waals surface area contributed by atoms with Crippen molar-refractivity contribution in [1.82, 2.24) is 5.32 Å². The van der Waals surface area contributed by atoms with E-state index < -0.39 is 20.0 Å². The Labute approximate surface area is 313 Å². The first-order chi connectivity index (χ1) is 24.5. The van der Waals surface area contributed by atoms with Crippen LogP contribution in [0.3, 0.4) is 0 Å². The van der Waals surface area contributed by atoms with Gasteiger partial charge in [-0.3, -0.25) is 13.8 Å². The molecule has 0 aliphatic rings. The molecule has 8 nitrogen and oxygen atoms in total. The summed E-state index contributed by atoms with van der Waals surface area (Å²) in [4.78, 5) is 23.0. The van der Waals surface area contributed by atoms with Gasteiger partial charge in [-0.25, -0.2) is 4.57 Å². The lowest BCUT2D eigenvalue weighted by molar-refractivity contribution is -0.870. The number of amides is 1. The number of aliphatic hydroxyl groups excluding tert-OH is 1. The van der Waals surface area contributed by atoms with Gasteiger partial charge in [-0.15, -0.1) is 0 Å². The van der Waals surface area contributed by atoms with Crippen LogP contribution in [0.25, 0.3) is 0 Å². The van der Waals surface area contributed by atoms with Gasteiger partial charge in [0.25, 0.3) is 0 Å². The fraction of sp³-hybridized carbons (Fsp3) is 0.690. The highest BCUT2D eigenvalue weighted by molar-refractivity contribution is 7.47. The Morgan fingerprint density at radius 3 is 1.61 bits per heavy atom. The standard InChI is InChI=1S/C42H75N2O6P/c1-6-8-10-12-14-16-18-19-20-21-22-23-24-25-26-28-30-32-34-36-42(46)43-40(39-50-51(47,48)49-38-37-44(3,4)5)41(45)35-33-31-29-27-17-15-13-11-9-7-2/h8,10,14,16,19-20,22-23,25-26,30,32,40-41,45H,6-7,9,11-13,15,17-18,21,24,27-29,31,33-39H2,1-5H3,(H-,43,46,47,48)/p+1/b10-8-,16-14-,20-19-,23-22-,26-25-,32-30-. The van der Waals surface area contributed by atoms with Crippen molar-refractivity contribution in [3.63, 3.8) is 0 Å². The SMILES string of the molecule is CC/C=C\C/C=C\C/C=C\C/C=C\C/C=C\C/C=C\CCC(=O)NC(COP(=O)(O)OCC[N+](C)(C)C)C(O)CCCCCCCCCCCC. The number of nitrogens with one attached hydrogen (secondary N) is 1. The minimum atomic E-state index is -4.33. The molecule has 0 rings (SSSR count). The first-order valence-electron chi connectivity index (χ1n) is 19.8. The summed E-state index contributed by atoms with van der Waals surface area (Å²) in [6.07, 6.45) is 43.7. The van der Waals surface area contributed by atoms with Crippen LogP contribution in [0.5, 0.6) is 0 Å². The Morgan fingerprint density at radius 2 is 1.14 bits per heavy atom. The van der Waals surface area contributed by atoms with Crippen molar-refractivity contribution in [2.75, 3.05) is 40.9 Å². The quantitative estimate of drug-likeness (QED) is 0.0263. The molecule has 0 aliphatic heterocycles. The van der Waals surface area contributed by atoms with E-state index >= 15 is 0 Å². The number of nitrogens with zero attached hydrogens (tertiary/aromatic N) is 1. The maximum absolute atomic E-state index is 12.8. The number of carbonyl (C=O) groups excluding carboxylic acids is 1. The van der Waals surface area contributed by atoms with Crippen LogP contribution in [0.1, 0.15) is 136 Å². The van der Waals surface area contributed by atoms with Crippen molar-refractivity contribution in [2.45, 2.75) is 148 Å². The van der Waals surface area contributed by atoms with Gasteiger partial charge in [-0.05, 0) is 51.4 Å². The summed E-state index contributed by atoms with van der Waals surface area (Å²) >= 11 is 0. The second-order valence-corrected chi connectivity index (χ2v) is 15.7. The van der Waals surface area contributed by atoms with E-state index in [2.05, 4.69) is 79.9 Å². The molecule has 3 atom stereocenters. The highest BCUT2D eigenvalue weighted by Gasteiger charge is 2.28. The number of allylic oxidation sites excluding steroid dienone is 12. The molecule has 9 heteroatoms. The zero-order chi connectivity index (χ0) is 37.9. The van der Waals surface area contributed by atoms with E-state index in [0.717, 1.165) is 57.8 Å². The number of phosphoric ester groups is 1. The number of likely N-dealkylation sites (N-methyl/N-ethyl adjacent to an activating group) is 1. The molecule has 51 heavy (non-hydrogen) atoms. The summed E-state index contributed by atoms with van der Waals surface area (Å²) in [6, 6.07) is -0.802. The molecule has 0 aromatic heterocycles. The van der Waals surface area contributed by atoms with Gasteiger partial charge in [0.15, 0.2) is 0 Å². The van der Waals surface area contributed by atoms with E-state index in [4.69, 9.17) is 9.05 Å². The maximum atomic E-state index is 12.8. The van der Waals surface area contributed by atoms with Crippen LogP contribution < -0.4 is 5.32 Å². The van der Waals surface area contributed by atoms with Gasteiger partial charge in [-0.1, -0.05) is 151 Å². The number of hydrogen-bond acceptors (Lipinski definition) is 5. The fourth-order valence-electron chi connectivity index (χ4n) is 5.07. The van der Waals surface area contributed by atoms with Crippen LogP contribution in [0.15, 0.2) is 72.9 Å². The predicted octanol–water partition coefficient (Wildman–Crippen LogP) is 10.5. The van der Waals surface area contributed by atoms with Crippen molar-refractivity contribution < 1.29 is 32.9 Å². The first kappa shape index (κ1) is 48.9. The Morgan fingerprint density at radius 1 is 0.686 bits per heavy atom. The molecule has 3 unspecified atom stereocenters.